The van der Waals surface area contributed by atoms with Crippen LogP contribution in [0.4, 0.5) is 0 Å². The van der Waals surface area contributed by atoms with Crippen LogP contribution in [0.1, 0.15) is 13.8 Å². The highest BCUT2D eigenvalue weighted by Crippen LogP contribution is 2.30. The van der Waals surface area contributed by atoms with Crippen molar-refractivity contribution in [1.82, 2.24) is 10.0 Å². The predicted octanol–water partition coefficient (Wildman–Crippen LogP) is 1.50. The fraction of sp³-hybridized carbons (Fsp3) is 0.391. The van der Waals surface area contributed by atoms with E-state index in [2.05, 4.69) is 10.0 Å². The van der Waals surface area contributed by atoms with Gasteiger partial charge in [0.15, 0.2) is 18.1 Å². The van der Waals surface area contributed by atoms with E-state index in [1.54, 1.807) is 26.0 Å². The molecule has 1 amide bonds. The molecule has 2 aromatic rings. The normalized spacial score (nSPS) is 15.9. The van der Waals surface area contributed by atoms with Gasteiger partial charge in [-0.3, -0.25) is 9.59 Å². The Bertz CT molecular complexity index is 1100. The predicted molar refractivity (Wildman–Crippen MR) is 122 cm³/mol. The van der Waals surface area contributed by atoms with Crippen molar-refractivity contribution in [2.45, 2.75) is 30.9 Å². The summed E-state index contributed by atoms with van der Waals surface area (Å²) in [7, 11) is -2.53. The number of sulfonamides is 1. The van der Waals surface area contributed by atoms with Crippen LogP contribution in [-0.2, 0) is 24.3 Å². The van der Waals surface area contributed by atoms with E-state index >= 15 is 0 Å². The summed E-state index contributed by atoms with van der Waals surface area (Å²) in [6.07, 6.45) is -0.394. The largest absolute Gasteiger partial charge is 0.497 e. The molecule has 11 heteroatoms. The van der Waals surface area contributed by atoms with E-state index in [1.807, 2.05) is 12.1 Å². The lowest BCUT2D eigenvalue weighted by Crippen LogP contribution is -2.46. The number of esters is 1. The quantitative estimate of drug-likeness (QED) is 0.478. The molecule has 1 aliphatic rings. The zero-order valence-corrected chi connectivity index (χ0v) is 20.0. The average Bonchev–Trinajstić information content (AvgIpc) is 2.84. The fourth-order valence-corrected chi connectivity index (χ4v) is 4.45. The van der Waals surface area contributed by atoms with Crippen LogP contribution in [0.2, 0.25) is 0 Å². The highest BCUT2D eigenvalue weighted by Gasteiger charge is 2.30. The Morgan fingerprint density at radius 3 is 2.41 bits per heavy atom. The van der Waals surface area contributed by atoms with Gasteiger partial charge in [-0.05, 0) is 42.3 Å². The van der Waals surface area contributed by atoms with Gasteiger partial charge in [-0.2, -0.15) is 4.72 Å². The van der Waals surface area contributed by atoms with Crippen LogP contribution < -0.4 is 24.2 Å². The number of amides is 1. The van der Waals surface area contributed by atoms with E-state index < -0.39 is 46.6 Å². The first-order chi connectivity index (χ1) is 16.2. The first-order valence-corrected chi connectivity index (χ1v) is 12.2. The number of rotatable bonds is 10. The second kappa shape index (κ2) is 11.2. The molecule has 10 nitrogen and oxygen atoms in total. The van der Waals surface area contributed by atoms with Crippen molar-refractivity contribution in [3.63, 3.8) is 0 Å². The number of nitrogens with one attached hydrogen (secondary N) is 2. The first kappa shape index (κ1) is 25.3. The molecule has 0 bridgehead atoms. The van der Waals surface area contributed by atoms with E-state index in [-0.39, 0.29) is 18.0 Å². The average molecular weight is 493 g/mol. The van der Waals surface area contributed by atoms with Crippen molar-refractivity contribution in [3.8, 4) is 17.2 Å². The van der Waals surface area contributed by atoms with Gasteiger partial charge in [0.1, 0.15) is 24.5 Å². The zero-order chi connectivity index (χ0) is 24.7. The Labute approximate surface area is 198 Å². The van der Waals surface area contributed by atoms with Crippen LogP contribution >= 0.6 is 0 Å². The molecule has 0 saturated heterocycles. The first-order valence-electron chi connectivity index (χ1n) is 10.7. The summed E-state index contributed by atoms with van der Waals surface area (Å²) in [6.45, 7) is 3.19. The van der Waals surface area contributed by atoms with Gasteiger partial charge in [0.05, 0.1) is 18.6 Å². The Hall–Kier alpha value is -3.31. The van der Waals surface area contributed by atoms with E-state index in [0.29, 0.717) is 17.2 Å². The molecular formula is C23H28N2O8S. The summed E-state index contributed by atoms with van der Waals surface area (Å²) in [5.41, 5.74) is 0. The number of methoxy groups -OCH3 is 1. The Kier molecular flexibility index (Phi) is 8.35. The summed E-state index contributed by atoms with van der Waals surface area (Å²) in [5, 5.41) is 2.62. The van der Waals surface area contributed by atoms with Crippen molar-refractivity contribution in [2.75, 3.05) is 26.9 Å². The minimum Gasteiger partial charge on any atom is -0.497 e. The maximum atomic E-state index is 12.7. The summed E-state index contributed by atoms with van der Waals surface area (Å²) in [4.78, 5) is 24.7. The van der Waals surface area contributed by atoms with Gasteiger partial charge in [0.2, 0.25) is 10.0 Å². The molecule has 1 aliphatic heterocycles. The number of ether oxygens (including phenoxy) is 4. The molecule has 1 unspecified atom stereocenters. The molecule has 2 N–H and O–H groups in total. The lowest BCUT2D eigenvalue weighted by molar-refractivity contribution is -0.151. The van der Waals surface area contributed by atoms with Gasteiger partial charge < -0.3 is 24.3 Å². The summed E-state index contributed by atoms with van der Waals surface area (Å²) in [6, 6.07) is 11.8. The van der Waals surface area contributed by atoms with E-state index in [9.17, 15) is 18.0 Å². The van der Waals surface area contributed by atoms with Crippen molar-refractivity contribution in [1.29, 1.82) is 0 Å². The number of fused-ring (bicyclic) bond motifs is 1. The lowest BCUT2D eigenvalue weighted by Gasteiger charge is -2.26. The maximum Gasteiger partial charge on any atom is 0.324 e. The third kappa shape index (κ3) is 6.61. The van der Waals surface area contributed by atoms with Crippen LogP contribution in [0.3, 0.4) is 0 Å². The highest BCUT2D eigenvalue weighted by atomic mass is 32.2. The standard InChI is InChI=1S/C23H28N2O8S/c1-15(2)22(25-34(28,29)18-10-8-16(30-3)9-11-18)23(27)32-14-21(26)24-12-17-13-31-19-6-4-5-7-20(19)33-17/h4-11,15,17,22,25H,12-14H2,1-3H3,(H,24,26)/t17?,22-/m0/s1. The summed E-state index contributed by atoms with van der Waals surface area (Å²) in [5.74, 6) is -0.0977. The summed E-state index contributed by atoms with van der Waals surface area (Å²) < 4.78 is 49.2. The van der Waals surface area contributed by atoms with Crippen LogP contribution in [-0.4, -0.2) is 59.3 Å². The Morgan fingerprint density at radius 2 is 1.76 bits per heavy atom. The van der Waals surface area contributed by atoms with Crippen molar-refractivity contribution >= 4 is 21.9 Å². The van der Waals surface area contributed by atoms with Crippen molar-refractivity contribution in [3.05, 3.63) is 48.5 Å². The molecule has 184 valence electrons. The molecule has 0 spiro atoms. The second-order valence-corrected chi connectivity index (χ2v) is 9.64. The maximum absolute atomic E-state index is 12.7. The molecule has 0 aliphatic carbocycles. The van der Waals surface area contributed by atoms with Gasteiger partial charge >= 0.3 is 5.97 Å². The van der Waals surface area contributed by atoms with Gasteiger partial charge in [0.25, 0.3) is 5.91 Å². The molecule has 1 heterocycles. The van der Waals surface area contributed by atoms with Gasteiger partial charge in [0, 0.05) is 0 Å². The minimum absolute atomic E-state index is 0.0271. The van der Waals surface area contributed by atoms with Crippen molar-refractivity contribution < 1.29 is 37.0 Å². The van der Waals surface area contributed by atoms with Crippen LogP contribution in [0, 0.1) is 5.92 Å². The number of hydrogen-bond donors (Lipinski definition) is 2. The second-order valence-electron chi connectivity index (χ2n) is 7.93. The van der Waals surface area contributed by atoms with Gasteiger partial charge in [-0.15, -0.1) is 0 Å². The van der Waals surface area contributed by atoms with Gasteiger partial charge in [-0.1, -0.05) is 26.0 Å². The zero-order valence-electron chi connectivity index (χ0n) is 19.1. The number of hydrogen-bond acceptors (Lipinski definition) is 8. The molecule has 0 fully saturated rings. The summed E-state index contributed by atoms with van der Waals surface area (Å²) >= 11 is 0. The third-order valence-corrected chi connectivity index (χ3v) is 6.47. The number of para-hydroxylation sites is 2. The van der Waals surface area contributed by atoms with E-state index in [0.717, 1.165) is 0 Å². The molecule has 34 heavy (non-hydrogen) atoms. The number of carbonyl (C=O) groups excluding carboxylic acids is 2. The molecular weight excluding hydrogens is 464 g/mol. The molecule has 0 saturated carbocycles. The topological polar surface area (TPSA) is 129 Å². The Balaban J connectivity index is 1.49. The molecule has 0 aromatic heterocycles. The highest BCUT2D eigenvalue weighted by molar-refractivity contribution is 7.89. The minimum atomic E-state index is -4.00. The van der Waals surface area contributed by atoms with E-state index in [1.165, 1.54) is 31.4 Å². The lowest BCUT2D eigenvalue weighted by atomic mass is 10.1. The molecule has 2 atom stereocenters. The number of carbonyl (C=O) groups is 2. The molecule has 2 aromatic carbocycles. The third-order valence-electron chi connectivity index (χ3n) is 5.01. The van der Waals surface area contributed by atoms with Crippen molar-refractivity contribution in [2.24, 2.45) is 5.92 Å². The van der Waals surface area contributed by atoms with Gasteiger partial charge in [-0.25, -0.2) is 8.42 Å². The Morgan fingerprint density at radius 1 is 1.09 bits per heavy atom. The SMILES string of the molecule is COc1ccc(S(=O)(=O)N[C@H](C(=O)OCC(=O)NCC2COc3ccccc3O2)C(C)C)cc1. The van der Waals surface area contributed by atoms with E-state index in [4.69, 9.17) is 18.9 Å². The molecule has 0 radical (unpaired) electrons. The van der Waals surface area contributed by atoms with Crippen LogP contribution in [0.15, 0.2) is 53.4 Å². The fourth-order valence-electron chi connectivity index (χ4n) is 3.12. The monoisotopic (exact) mass is 492 g/mol. The van der Waals surface area contributed by atoms with Crippen LogP contribution in [0.25, 0.3) is 0 Å². The number of benzene rings is 2. The smallest absolute Gasteiger partial charge is 0.324 e. The van der Waals surface area contributed by atoms with Crippen LogP contribution in [0.5, 0.6) is 17.2 Å². The molecule has 3 rings (SSSR count).